The second-order valence-electron chi connectivity index (χ2n) is 6.14. The summed E-state index contributed by atoms with van der Waals surface area (Å²) < 4.78 is 14.5. The molecule has 6 atom stereocenters. The predicted octanol–water partition coefficient (Wildman–Crippen LogP) is -3.76. The molecule has 1 aliphatic rings. The molecule has 6 N–H and O–H groups in total. The largest absolute Gasteiger partial charge is 0.477 e. The molecule has 0 saturated carbocycles. The zero-order valence-corrected chi connectivity index (χ0v) is 15.1. The lowest BCUT2D eigenvalue weighted by Gasteiger charge is -2.45. The zero-order chi connectivity index (χ0) is 21.6. The first-order valence-corrected chi connectivity index (χ1v) is 8.11. The van der Waals surface area contributed by atoms with Gasteiger partial charge >= 0.3 is 17.9 Å². The van der Waals surface area contributed by atoms with Gasteiger partial charge in [0, 0.05) is 13.8 Å². The lowest BCUT2D eigenvalue weighted by molar-refractivity contribution is -0.296. The van der Waals surface area contributed by atoms with Crippen molar-refractivity contribution >= 4 is 23.8 Å². The first kappa shape index (κ1) is 23.7. The van der Waals surface area contributed by atoms with E-state index >= 15 is 0 Å². The average molecular weight is 409 g/mol. The van der Waals surface area contributed by atoms with E-state index in [2.05, 4.69) is 10.1 Å². The minimum atomic E-state index is -2.92. The van der Waals surface area contributed by atoms with Crippen LogP contribution < -0.4 is 5.32 Å². The van der Waals surface area contributed by atoms with Crippen molar-refractivity contribution in [3.63, 3.8) is 0 Å². The van der Waals surface area contributed by atoms with Crippen molar-refractivity contribution < 1.29 is 58.9 Å². The SMILES string of the molecule is CC(=O)OC[C@@H](O)[C@@H](O)[C@@H]1O[C@](O)(C(=O)O)C[C@H](OC(C)=O)[C@H]1NC(=O)CO. The van der Waals surface area contributed by atoms with Crippen molar-refractivity contribution in [2.75, 3.05) is 13.2 Å². The summed E-state index contributed by atoms with van der Waals surface area (Å²) in [5.74, 6) is -7.45. The van der Waals surface area contributed by atoms with Gasteiger partial charge in [-0.25, -0.2) is 4.79 Å². The highest BCUT2D eigenvalue weighted by molar-refractivity contribution is 5.78. The first-order chi connectivity index (χ1) is 12.9. The number of nitrogens with one attached hydrogen (secondary N) is 1. The van der Waals surface area contributed by atoms with Crippen molar-refractivity contribution in [2.24, 2.45) is 0 Å². The van der Waals surface area contributed by atoms with Gasteiger partial charge in [0.2, 0.25) is 5.91 Å². The molecule has 0 radical (unpaired) electrons. The molecule has 0 aromatic heterocycles. The lowest BCUT2D eigenvalue weighted by atomic mass is 9.88. The molecule has 1 heterocycles. The van der Waals surface area contributed by atoms with Gasteiger partial charge in [0.15, 0.2) is 0 Å². The van der Waals surface area contributed by atoms with E-state index in [9.17, 15) is 39.6 Å². The molecule has 13 heteroatoms. The van der Waals surface area contributed by atoms with E-state index in [0.29, 0.717) is 0 Å². The van der Waals surface area contributed by atoms with Gasteiger partial charge in [0.25, 0.3) is 5.79 Å². The summed E-state index contributed by atoms with van der Waals surface area (Å²) in [7, 11) is 0. The number of carbonyl (C=O) groups excluding carboxylic acids is 3. The summed E-state index contributed by atoms with van der Waals surface area (Å²) in [4.78, 5) is 45.2. The second kappa shape index (κ2) is 9.75. The van der Waals surface area contributed by atoms with Crippen LogP contribution in [-0.2, 0) is 33.4 Å². The summed E-state index contributed by atoms with van der Waals surface area (Å²) in [5, 5.41) is 50.9. The highest BCUT2D eigenvalue weighted by atomic mass is 16.7. The molecule has 1 saturated heterocycles. The number of hydrogen-bond donors (Lipinski definition) is 6. The van der Waals surface area contributed by atoms with Crippen LogP contribution in [0, 0.1) is 0 Å². The van der Waals surface area contributed by atoms with Gasteiger partial charge in [-0.05, 0) is 0 Å². The van der Waals surface area contributed by atoms with Crippen molar-refractivity contribution in [1.82, 2.24) is 5.32 Å². The van der Waals surface area contributed by atoms with Crippen LogP contribution in [0.3, 0.4) is 0 Å². The molecule has 0 bridgehead atoms. The summed E-state index contributed by atoms with van der Waals surface area (Å²) in [6, 6.07) is -1.45. The Morgan fingerprint density at radius 3 is 2.29 bits per heavy atom. The van der Waals surface area contributed by atoms with E-state index in [4.69, 9.17) is 14.6 Å². The predicted molar refractivity (Wildman–Crippen MR) is 85.3 cm³/mol. The van der Waals surface area contributed by atoms with E-state index in [-0.39, 0.29) is 0 Å². The number of aliphatic carboxylic acids is 1. The van der Waals surface area contributed by atoms with Crippen LogP contribution in [0.4, 0.5) is 0 Å². The van der Waals surface area contributed by atoms with Crippen molar-refractivity contribution in [2.45, 2.75) is 56.5 Å². The van der Waals surface area contributed by atoms with E-state index in [1.165, 1.54) is 0 Å². The Morgan fingerprint density at radius 1 is 1.21 bits per heavy atom. The molecule has 0 unspecified atom stereocenters. The number of esters is 2. The normalized spacial score (nSPS) is 29.3. The Labute approximate surface area is 158 Å². The summed E-state index contributed by atoms with van der Waals surface area (Å²) >= 11 is 0. The molecular formula is C15H23NO12. The van der Waals surface area contributed by atoms with Crippen LogP contribution in [0.5, 0.6) is 0 Å². The van der Waals surface area contributed by atoms with E-state index in [1.54, 1.807) is 0 Å². The number of carboxylic acids is 1. The van der Waals surface area contributed by atoms with E-state index in [1.807, 2.05) is 0 Å². The van der Waals surface area contributed by atoms with Gasteiger partial charge in [-0.1, -0.05) is 0 Å². The number of carbonyl (C=O) groups is 4. The Balaban J connectivity index is 3.23. The molecule has 160 valence electrons. The molecule has 0 aliphatic carbocycles. The number of aliphatic hydroxyl groups excluding tert-OH is 3. The molecule has 0 aromatic carbocycles. The highest BCUT2D eigenvalue weighted by Crippen LogP contribution is 2.32. The van der Waals surface area contributed by atoms with Crippen LogP contribution in [0.25, 0.3) is 0 Å². The third kappa shape index (κ3) is 6.10. The monoisotopic (exact) mass is 409 g/mol. The van der Waals surface area contributed by atoms with Crippen molar-refractivity contribution in [1.29, 1.82) is 0 Å². The number of ether oxygens (including phenoxy) is 3. The van der Waals surface area contributed by atoms with Gasteiger partial charge in [-0.2, -0.15) is 0 Å². The van der Waals surface area contributed by atoms with Crippen LogP contribution >= 0.6 is 0 Å². The van der Waals surface area contributed by atoms with Crippen molar-refractivity contribution in [3.05, 3.63) is 0 Å². The number of rotatable bonds is 8. The Morgan fingerprint density at radius 2 is 1.82 bits per heavy atom. The molecule has 0 aromatic rings. The molecule has 1 amide bonds. The minimum Gasteiger partial charge on any atom is -0.477 e. The molecular weight excluding hydrogens is 386 g/mol. The van der Waals surface area contributed by atoms with Gasteiger partial charge in [0.05, 0.1) is 12.5 Å². The van der Waals surface area contributed by atoms with Crippen molar-refractivity contribution in [3.8, 4) is 0 Å². The maximum Gasteiger partial charge on any atom is 0.364 e. The minimum absolute atomic E-state index is 0.708. The maximum absolute atomic E-state index is 11.6. The molecule has 1 rings (SSSR count). The number of amides is 1. The fourth-order valence-corrected chi connectivity index (χ4v) is 2.63. The molecule has 28 heavy (non-hydrogen) atoms. The van der Waals surface area contributed by atoms with Gasteiger partial charge in [-0.15, -0.1) is 0 Å². The number of carboxylic acid groups (broad SMARTS) is 1. The molecule has 0 spiro atoms. The zero-order valence-electron chi connectivity index (χ0n) is 15.1. The van der Waals surface area contributed by atoms with Gasteiger partial charge in [0.1, 0.15) is 37.6 Å². The highest BCUT2D eigenvalue weighted by Gasteiger charge is 2.55. The molecule has 1 fully saturated rings. The summed E-state index contributed by atoms with van der Waals surface area (Å²) in [6.45, 7) is 0.327. The van der Waals surface area contributed by atoms with Crippen LogP contribution in [0.2, 0.25) is 0 Å². The van der Waals surface area contributed by atoms with Gasteiger partial charge < -0.3 is 45.1 Å². The third-order valence-corrected chi connectivity index (χ3v) is 3.87. The van der Waals surface area contributed by atoms with Crippen LogP contribution in [-0.4, -0.2) is 98.8 Å². The lowest BCUT2D eigenvalue weighted by Crippen LogP contribution is -2.68. The topological polar surface area (TPSA) is 209 Å². The standard InChI is InChI=1S/C15H23NO12/c1-6(18)26-5-8(20)12(22)13-11(16-10(21)4-17)9(27-7(2)19)3-15(25,28-13)14(23)24/h8-9,11-13,17,20,22,25H,3-5H2,1-2H3,(H,16,21)(H,23,24)/t8-,9+,11-,12-,13-,15+/m1/s1. The first-order valence-electron chi connectivity index (χ1n) is 8.11. The Bertz CT molecular complexity index is 610. The fourth-order valence-electron chi connectivity index (χ4n) is 2.63. The maximum atomic E-state index is 11.6. The second-order valence-corrected chi connectivity index (χ2v) is 6.14. The van der Waals surface area contributed by atoms with Crippen LogP contribution in [0.1, 0.15) is 20.3 Å². The summed E-state index contributed by atoms with van der Waals surface area (Å²) in [6.07, 6.45) is -7.94. The Hall–Kier alpha value is -2.32. The number of hydrogen-bond acceptors (Lipinski definition) is 11. The summed E-state index contributed by atoms with van der Waals surface area (Å²) in [5.41, 5.74) is 0. The van der Waals surface area contributed by atoms with Crippen LogP contribution in [0.15, 0.2) is 0 Å². The van der Waals surface area contributed by atoms with E-state index < -0.39 is 79.7 Å². The smallest absolute Gasteiger partial charge is 0.364 e. The third-order valence-electron chi connectivity index (χ3n) is 3.87. The number of aliphatic hydroxyl groups is 4. The Kier molecular flexibility index (Phi) is 8.26. The fraction of sp³-hybridized carbons (Fsp3) is 0.733. The van der Waals surface area contributed by atoms with Gasteiger partial charge in [-0.3, -0.25) is 14.4 Å². The molecule has 1 aliphatic heterocycles. The quantitative estimate of drug-likeness (QED) is 0.214. The van der Waals surface area contributed by atoms with E-state index in [0.717, 1.165) is 13.8 Å². The average Bonchev–Trinajstić information content (AvgIpc) is 2.60. The molecule has 13 nitrogen and oxygen atoms in total.